The molecule has 1 atom stereocenters. The fraction of sp³-hybridized carbons (Fsp3) is 0.632. The lowest BCUT2D eigenvalue weighted by Gasteiger charge is -2.36. The quantitative estimate of drug-likeness (QED) is 0.763. The third-order valence-corrected chi connectivity index (χ3v) is 4.99. The molecule has 0 bridgehead atoms. The normalized spacial score (nSPS) is 19.5. The maximum Gasteiger partial charge on any atom is 0.182 e. The molecule has 2 heteroatoms. The summed E-state index contributed by atoms with van der Waals surface area (Å²) in [7, 11) is 0. The molecule has 1 unspecified atom stereocenters. The largest absolute Gasteiger partial charge is 0.292 e. The molecule has 0 radical (unpaired) electrons. The van der Waals surface area contributed by atoms with Gasteiger partial charge in [0.2, 0.25) is 0 Å². The van der Waals surface area contributed by atoms with Gasteiger partial charge in [-0.3, -0.25) is 9.69 Å². The minimum absolute atomic E-state index is 0.130. The zero-order chi connectivity index (χ0) is 15.7. The van der Waals surface area contributed by atoms with E-state index in [2.05, 4.69) is 51.7 Å². The van der Waals surface area contributed by atoms with Gasteiger partial charge in [0.05, 0.1) is 5.54 Å². The first-order valence-corrected chi connectivity index (χ1v) is 8.19. The van der Waals surface area contributed by atoms with Gasteiger partial charge < -0.3 is 0 Å². The van der Waals surface area contributed by atoms with Gasteiger partial charge in [0.25, 0.3) is 0 Å². The summed E-state index contributed by atoms with van der Waals surface area (Å²) in [5.74, 6) is 0.271. The molecule has 0 N–H and O–H groups in total. The summed E-state index contributed by atoms with van der Waals surface area (Å²) in [5, 5.41) is 0. The van der Waals surface area contributed by atoms with E-state index in [4.69, 9.17) is 0 Å². The minimum atomic E-state index is -0.347. The van der Waals surface area contributed by atoms with Crippen molar-refractivity contribution in [3.05, 3.63) is 35.4 Å². The first kappa shape index (κ1) is 16.2. The van der Waals surface area contributed by atoms with Crippen molar-refractivity contribution in [2.45, 2.75) is 64.8 Å². The summed E-state index contributed by atoms with van der Waals surface area (Å²) in [6.07, 6.45) is 3.30. The Balaban J connectivity index is 2.25. The highest BCUT2D eigenvalue weighted by Crippen LogP contribution is 2.29. The van der Waals surface area contributed by atoms with E-state index >= 15 is 0 Å². The summed E-state index contributed by atoms with van der Waals surface area (Å²) in [4.78, 5) is 15.4. The van der Waals surface area contributed by atoms with Crippen molar-refractivity contribution in [3.8, 4) is 0 Å². The van der Waals surface area contributed by atoms with Crippen LogP contribution < -0.4 is 0 Å². The zero-order valence-corrected chi connectivity index (χ0v) is 14.2. The highest BCUT2D eigenvalue weighted by Gasteiger charge is 2.39. The van der Waals surface area contributed by atoms with E-state index in [1.54, 1.807) is 0 Å². The van der Waals surface area contributed by atoms with Gasteiger partial charge >= 0.3 is 0 Å². The highest BCUT2D eigenvalue weighted by molar-refractivity contribution is 6.03. The van der Waals surface area contributed by atoms with Crippen LogP contribution in [0.25, 0.3) is 0 Å². The molecular formula is C19H29NO. The molecule has 0 amide bonds. The Hall–Kier alpha value is -1.15. The van der Waals surface area contributed by atoms with Gasteiger partial charge in [-0.05, 0) is 50.3 Å². The number of hydrogen-bond acceptors (Lipinski definition) is 2. The Morgan fingerprint density at radius 2 is 1.57 bits per heavy atom. The molecule has 0 saturated carbocycles. The number of Topliss-reactive ketones (excluding diaryl/α,β-unsaturated/α-hetero) is 1. The van der Waals surface area contributed by atoms with E-state index in [1.807, 2.05) is 12.1 Å². The van der Waals surface area contributed by atoms with Crippen LogP contribution in [-0.2, 0) is 5.41 Å². The van der Waals surface area contributed by atoms with Crippen molar-refractivity contribution < 1.29 is 4.79 Å². The van der Waals surface area contributed by atoms with Crippen LogP contribution in [0.15, 0.2) is 24.3 Å². The molecule has 1 fully saturated rings. The van der Waals surface area contributed by atoms with Crippen molar-refractivity contribution in [1.82, 2.24) is 4.90 Å². The van der Waals surface area contributed by atoms with Crippen LogP contribution in [0.4, 0.5) is 0 Å². The van der Waals surface area contributed by atoms with Crippen LogP contribution in [0.3, 0.4) is 0 Å². The molecule has 2 rings (SSSR count). The molecule has 1 aromatic rings. The molecule has 1 heterocycles. The molecule has 1 aliphatic rings. The lowest BCUT2D eigenvalue weighted by atomic mass is 9.83. The van der Waals surface area contributed by atoms with E-state index in [0.29, 0.717) is 0 Å². The molecule has 0 spiro atoms. The van der Waals surface area contributed by atoms with E-state index in [1.165, 1.54) is 18.4 Å². The van der Waals surface area contributed by atoms with Gasteiger partial charge in [0, 0.05) is 5.56 Å². The number of nitrogens with zero attached hydrogens (tertiary/aromatic N) is 1. The molecule has 0 aliphatic carbocycles. The molecule has 1 aliphatic heterocycles. The standard InChI is InChI=1S/C19H29NO/c1-6-19(5,20-13-7-8-14-20)17(21)15-9-11-16(12-10-15)18(2,3)4/h9-12H,6-8,13-14H2,1-5H3. The molecule has 1 aromatic carbocycles. The highest BCUT2D eigenvalue weighted by atomic mass is 16.1. The number of ketones is 1. The van der Waals surface area contributed by atoms with Crippen molar-refractivity contribution in [1.29, 1.82) is 0 Å². The Bertz CT molecular complexity index is 491. The van der Waals surface area contributed by atoms with E-state index in [0.717, 1.165) is 25.1 Å². The SMILES string of the molecule is CCC(C)(C(=O)c1ccc(C(C)(C)C)cc1)N1CCCC1. The van der Waals surface area contributed by atoms with Gasteiger partial charge in [-0.15, -0.1) is 0 Å². The molecule has 0 aromatic heterocycles. The van der Waals surface area contributed by atoms with Crippen LogP contribution >= 0.6 is 0 Å². The average molecular weight is 287 g/mol. The maximum atomic E-state index is 13.0. The van der Waals surface area contributed by atoms with Crippen LogP contribution in [0.5, 0.6) is 0 Å². The molecule has 21 heavy (non-hydrogen) atoms. The van der Waals surface area contributed by atoms with Gasteiger partial charge in [-0.1, -0.05) is 52.0 Å². The lowest BCUT2D eigenvalue weighted by Crippen LogP contribution is -2.50. The first-order chi connectivity index (χ1) is 9.79. The van der Waals surface area contributed by atoms with E-state index in [-0.39, 0.29) is 16.7 Å². The molecular weight excluding hydrogens is 258 g/mol. The van der Waals surface area contributed by atoms with Crippen LogP contribution in [0.1, 0.15) is 69.8 Å². The smallest absolute Gasteiger partial charge is 0.182 e. The summed E-state index contributed by atoms with van der Waals surface area (Å²) in [6, 6.07) is 8.22. The lowest BCUT2D eigenvalue weighted by molar-refractivity contribution is 0.0647. The van der Waals surface area contributed by atoms with Gasteiger partial charge in [-0.2, -0.15) is 0 Å². The Kier molecular flexibility index (Phi) is 4.57. The number of rotatable bonds is 4. The minimum Gasteiger partial charge on any atom is -0.292 e. The number of carbonyl (C=O) groups is 1. The fourth-order valence-corrected chi connectivity index (χ4v) is 3.17. The van der Waals surface area contributed by atoms with Crippen LogP contribution in [0.2, 0.25) is 0 Å². The summed E-state index contributed by atoms with van der Waals surface area (Å²) in [5.41, 5.74) is 1.90. The number of hydrogen-bond donors (Lipinski definition) is 0. The summed E-state index contributed by atoms with van der Waals surface area (Å²) in [6.45, 7) is 12.9. The van der Waals surface area contributed by atoms with Crippen molar-refractivity contribution in [2.24, 2.45) is 0 Å². The number of likely N-dealkylation sites (tertiary alicyclic amines) is 1. The molecule has 116 valence electrons. The second kappa shape index (κ2) is 5.92. The third-order valence-electron chi connectivity index (χ3n) is 4.99. The van der Waals surface area contributed by atoms with E-state index < -0.39 is 0 Å². The van der Waals surface area contributed by atoms with Gasteiger partial charge in [0.1, 0.15) is 0 Å². The summed E-state index contributed by atoms with van der Waals surface area (Å²) >= 11 is 0. The third kappa shape index (κ3) is 3.21. The zero-order valence-electron chi connectivity index (χ0n) is 14.2. The Morgan fingerprint density at radius 3 is 2.00 bits per heavy atom. The van der Waals surface area contributed by atoms with Crippen molar-refractivity contribution >= 4 is 5.78 Å². The number of benzene rings is 1. The van der Waals surface area contributed by atoms with Gasteiger partial charge in [0.15, 0.2) is 5.78 Å². The molecule has 1 saturated heterocycles. The Labute approximate surface area is 129 Å². The average Bonchev–Trinajstić information content (AvgIpc) is 2.99. The number of carbonyl (C=O) groups excluding carboxylic acids is 1. The predicted octanol–water partition coefficient (Wildman–Crippen LogP) is 4.43. The second-order valence-corrected chi connectivity index (χ2v) is 7.48. The second-order valence-electron chi connectivity index (χ2n) is 7.48. The Morgan fingerprint density at radius 1 is 1.05 bits per heavy atom. The van der Waals surface area contributed by atoms with Gasteiger partial charge in [-0.25, -0.2) is 0 Å². The fourth-order valence-electron chi connectivity index (χ4n) is 3.17. The van der Waals surface area contributed by atoms with Crippen molar-refractivity contribution in [2.75, 3.05) is 13.1 Å². The van der Waals surface area contributed by atoms with Crippen LogP contribution in [0, 0.1) is 0 Å². The van der Waals surface area contributed by atoms with E-state index in [9.17, 15) is 4.79 Å². The molecule has 2 nitrogen and oxygen atoms in total. The monoisotopic (exact) mass is 287 g/mol. The summed E-state index contributed by atoms with van der Waals surface area (Å²) < 4.78 is 0. The maximum absolute atomic E-state index is 13.0. The van der Waals surface area contributed by atoms with Crippen molar-refractivity contribution in [3.63, 3.8) is 0 Å². The first-order valence-electron chi connectivity index (χ1n) is 8.19. The predicted molar refractivity (Wildman–Crippen MR) is 89.0 cm³/mol. The van der Waals surface area contributed by atoms with Crippen LogP contribution in [-0.4, -0.2) is 29.3 Å². The topological polar surface area (TPSA) is 20.3 Å².